The molecule has 0 atom stereocenters. The van der Waals surface area contributed by atoms with Gasteiger partial charge in [0.2, 0.25) is 0 Å². The van der Waals surface area contributed by atoms with Crippen molar-refractivity contribution in [2.45, 2.75) is 13.1 Å². The number of carbonyl (C=O) groups is 1. The second-order valence-electron chi connectivity index (χ2n) is 2.34. The summed E-state index contributed by atoms with van der Waals surface area (Å²) in [5, 5.41) is 0. The predicted octanol–water partition coefficient (Wildman–Crippen LogP) is 1.70. The number of carbonyl (C=O) groups excluding carboxylic acids is 1. The summed E-state index contributed by atoms with van der Waals surface area (Å²) in [5.41, 5.74) is -1.44. The summed E-state index contributed by atoms with van der Waals surface area (Å²) in [4.78, 5) is 17.0. The van der Waals surface area contributed by atoms with Gasteiger partial charge in [-0.2, -0.15) is 13.2 Å². The lowest BCUT2D eigenvalue weighted by molar-refractivity contribution is -0.141. The van der Waals surface area contributed by atoms with Gasteiger partial charge in [0.25, 0.3) is 0 Å². The van der Waals surface area contributed by atoms with Gasteiger partial charge in [0, 0.05) is 6.92 Å². The summed E-state index contributed by atoms with van der Waals surface area (Å²) in [6, 6.07) is 0. The van der Waals surface area contributed by atoms with Crippen LogP contribution < -0.4 is 0 Å². The van der Waals surface area contributed by atoms with E-state index in [1.165, 1.54) is 0 Å². The van der Waals surface area contributed by atoms with Crippen molar-refractivity contribution in [3.8, 4) is 0 Å². The second kappa shape index (κ2) is 3.12. The maximum atomic E-state index is 12.0. The minimum atomic E-state index is -4.56. The molecular formula is C7H5F3N2O. The van der Waals surface area contributed by atoms with Gasteiger partial charge in [-0.3, -0.25) is 9.78 Å². The van der Waals surface area contributed by atoms with Crippen molar-refractivity contribution in [2.24, 2.45) is 0 Å². The van der Waals surface area contributed by atoms with Crippen molar-refractivity contribution < 1.29 is 18.0 Å². The molecule has 6 heteroatoms. The Balaban J connectivity index is 3.13. The number of aromatic nitrogens is 2. The predicted molar refractivity (Wildman–Crippen MR) is 37.0 cm³/mol. The van der Waals surface area contributed by atoms with Gasteiger partial charge in [-0.25, -0.2) is 4.98 Å². The van der Waals surface area contributed by atoms with Gasteiger partial charge >= 0.3 is 6.18 Å². The normalized spacial score (nSPS) is 11.4. The molecule has 0 radical (unpaired) electrons. The Morgan fingerprint density at radius 2 is 2.00 bits per heavy atom. The Morgan fingerprint density at radius 3 is 2.46 bits per heavy atom. The maximum absolute atomic E-state index is 12.0. The maximum Gasteiger partial charge on any atom is 0.434 e. The van der Waals surface area contributed by atoms with Gasteiger partial charge in [-0.15, -0.1) is 0 Å². The number of nitrogens with zero attached hydrogens (tertiary/aromatic N) is 2. The van der Waals surface area contributed by atoms with Crippen LogP contribution in [0.5, 0.6) is 0 Å². The van der Waals surface area contributed by atoms with E-state index in [4.69, 9.17) is 0 Å². The minimum absolute atomic E-state index is 0.283. The Morgan fingerprint density at radius 1 is 1.38 bits per heavy atom. The number of hydrogen-bond acceptors (Lipinski definition) is 3. The highest BCUT2D eigenvalue weighted by atomic mass is 19.4. The second-order valence-corrected chi connectivity index (χ2v) is 2.34. The highest BCUT2D eigenvalue weighted by Gasteiger charge is 2.33. The first-order chi connectivity index (χ1) is 5.91. The van der Waals surface area contributed by atoms with Gasteiger partial charge in [-0.1, -0.05) is 0 Å². The zero-order valence-electron chi connectivity index (χ0n) is 6.59. The molecule has 0 N–H and O–H groups in total. The topological polar surface area (TPSA) is 42.9 Å². The molecule has 1 aromatic heterocycles. The van der Waals surface area contributed by atoms with Gasteiger partial charge in [-0.05, 0) is 0 Å². The Bertz CT molecular complexity index is 335. The Kier molecular flexibility index (Phi) is 2.31. The number of hydrogen-bond donors (Lipinski definition) is 0. The van der Waals surface area contributed by atoms with Gasteiger partial charge in [0.05, 0.1) is 12.4 Å². The SMILES string of the molecule is CC(=O)c1cncc(C(F)(F)F)n1. The van der Waals surface area contributed by atoms with E-state index < -0.39 is 17.7 Å². The summed E-state index contributed by atoms with van der Waals surface area (Å²) >= 11 is 0. The van der Waals surface area contributed by atoms with Crippen LogP contribution in [0, 0.1) is 0 Å². The fourth-order valence-corrected chi connectivity index (χ4v) is 0.672. The molecule has 70 valence electrons. The monoisotopic (exact) mass is 190 g/mol. The van der Waals surface area contributed by atoms with Gasteiger partial charge in [0.15, 0.2) is 11.5 Å². The van der Waals surface area contributed by atoms with E-state index in [2.05, 4.69) is 9.97 Å². The zero-order chi connectivity index (χ0) is 10.1. The van der Waals surface area contributed by atoms with E-state index in [1.807, 2.05) is 0 Å². The molecular weight excluding hydrogens is 185 g/mol. The summed E-state index contributed by atoms with van der Waals surface area (Å²) in [5.74, 6) is -0.543. The molecule has 3 nitrogen and oxygen atoms in total. The van der Waals surface area contributed by atoms with E-state index in [0.717, 1.165) is 13.1 Å². The lowest BCUT2D eigenvalue weighted by Crippen LogP contribution is -2.11. The summed E-state index contributed by atoms with van der Waals surface area (Å²) < 4.78 is 36.1. The number of ketones is 1. The molecule has 0 aliphatic rings. The first kappa shape index (κ1) is 9.63. The summed E-state index contributed by atoms with van der Waals surface area (Å²) in [7, 11) is 0. The lowest BCUT2D eigenvalue weighted by atomic mass is 10.3. The van der Waals surface area contributed by atoms with Crippen LogP contribution in [-0.4, -0.2) is 15.8 Å². The zero-order valence-corrected chi connectivity index (χ0v) is 6.59. The van der Waals surface area contributed by atoms with Crippen LogP contribution in [0.2, 0.25) is 0 Å². The molecule has 0 fully saturated rings. The molecule has 1 aromatic rings. The van der Waals surface area contributed by atoms with E-state index in [0.29, 0.717) is 6.20 Å². The first-order valence-electron chi connectivity index (χ1n) is 3.31. The molecule has 0 amide bonds. The van der Waals surface area contributed by atoms with Crippen LogP contribution in [0.15, 0.2) is 12.4 Å². The van der Waals surface area contributed by atoms with Crippen LogP contribution in [0.3, 0.4) is 0 Å². The van der Waals surface area contributed by atoms with Crippen LogP contribution in [-0.2, 0) is 6.18 Å². The highest BCUT2D eigenvalue weighted by Crippen LogP contribution is 2.26. The Labute approximate surface area is 71.6 Å². The van der Waals surface area contributed by atoms with Crippen LogP contribution in [0.4, 0.5) is 13.2 Å². The number of halogens is 3. The van der Waals surface area contributed by atoms with E-state index in [-0.39, 0.29) is 5.69 Å². The van der Waals surface area contributed by atoms with Crippen molar-refractivity contribution in [1.29, 1.82) is 0 Å². The molecule has 0 unspecified atom stereocenters. The molecule has 1 heterocycles. The Hall–Kier alpha value is -1.46. The molecule has 0 saturated heterocycles. The van der Waals surface area contributed by atoms with E-state index in [1.54, 1.807) is 0 Å². The third kappa shape index (κ3) is 2.24. The standard InChI is InChI=1S/C7H5F3N2O/c1-4(13)5-2-11-3-6(12-5)7(8,9)10/h2-3H,1H3. The number of Topliss-reactive ketones (excluding diaryl/α,β-unsaturated/α-hetero) is 1. The molecule has 0 aliphatic carbocycles. The molecule has 0 saturated carbocycles. The molecule has 0 bridgehead atoms. The largest absolute Gasteiger partial charge is 0.434 e. The fourth-order valence-electron chi connectivity index (χ4n) is 0.672. The van der Waals surface area contributed by atoms with Crippen LogP contribution in [0.1, 0.15) is 23.1 Å². The number of alkyl halides is 3. The lowest BCUT2D eigenvalue weighted by Gasteiger charge is -2.04. The van der Waals surface area contributed by atoms with Crippen molar-refractivity contribution in [2.75, 3.05) is 0 Å². The molecule has 0 aliphatic heterocycles. The molecule has 0 spiro atoms. The third-order valence-electron chi connectivity index (χ3n) is 1.29. The van der Waals surface area contributed by atoms with Gasteiger partial charge in [0.1, 0.15) is 5.69 Å². The third-order valence-corrected chi connectivity index (χ3v) is 1.29. The fraction of sp³-hybridized carbons (Fsp3) is 0.286. The van der Waals surface area contributed by atoms with Crippen LogP contribution >= 0.6 is 0 Å². The molecule has 13 heavy (non-hydrogen) atoms. The highest BCUT2D eigenvalue weighted by molar-refractivity contribution is 5.91. The van der Waals surface area contributed by atoms with Crippen molar-refractivity contribution in [3.05, 3.63) is 23.8 Å². The first-order valence-corrected chi connectivity index (χ1v) is 3.31. The van der Waals surface area contributed by atoms with Crippen molar-refractivity contribution in [3.63, 3.8) is 0 Å². The minimum Gasteiger partial charge on any atom is -0.293 e. The van der Waals surface area contributed by atoms with Gasteiger partial charge < -0.3 is 0 Å². The van der Waals surface area contributed by atoms with Crippen LogP contribution in [0.25, 0.3) is 0 Å². The molecule has 0 aromatic carbocycles. The van der Waals surface area contributed by atoms with Crippen molar-refractivity contribution >= 4 is 5.78 Å². The van der Waals surface area contributed by atoms with E-state index >= 15 is 0 Å². The number of rotatable bonds is 1. The average molecular weight is 190 g/mol. The van der Waals surface area contributed by atoms with Crippen molar-refractivity contribution in [1.82, 2.24) is 9.97 Å². The molecule has 1 rings (SSSR count). The van der Waals surface area contributed by atoms with E-state index in [9.17, 15) is 18.0 Å². The average Bonchev–Trinajstić information content (AvgIpc) is 2.03. The quantitative estimate of drug-likeness (QED) is 0.633. The summed E-state index contributed by atoms with van der Waals surface area (Å²) in [6.07, 6.45) is -2.98. The summed E-state index contributed by atoms with van der Waals surface area (Å²) in [6.45, 7) is 1.13. The smallest absolute Gasteiger partial charge is 0.293 e.